The molecule has 112 valence electrons. The summed E-state index contributed by atoms with van der Waals surface area (Å²) in [5.41, 5.74) is 8.46. The molecule has 2 aromatic heterocycles. The number of halogens is 1. The zero-order chi connectivity index (χ0) is 15.3. The third-order valence-electron chi connectivity index (χ3n) is 3.77. The number of rotatable bonds is 3. The summed E-state index contributed by atoms with van der Waals surface area (Å²) >= 11 is 5.97. The Morgan fingerprint density at radius 3 is 2.64 bits per heavy atom. The van der Waals surface area contributed by atoms with Gasteiger partial charge in [0.1, 0.15) is 5.82 Å². The first kappa shape index (κ1) is 13.3. The molecule has 0 radical (unpaired) electrons. The third kappa shape index (κ3) is 2.25. The van der Waals surface area contributed by atoms with Gasteiger partial charge in [-0.25, -0.2) is 4.98 Å². The van der Waals surface area contributed by atoms with Crippen molar-refractivity contribution in [2.75, 3.05) is 11.1 Å². The molecule has 1 aliphatic carbocycles. The van der Waals surface area contributed by atoms with Crippen molar-refractivity contribution in [1.29, 1.82) is 0 Å². The van der Waals surface area contributed by atoms with Crippen LogP contribution in [0.1, 0.15) is 12.8 Å². The molecule has 1 aliphatic rings. The number of nitrogens with one attached hydrogen (secondary N) is 1. The summed E-state index contributed by atoms with van der Waals surface area (Å²) in [5, 5.41) is 9.15. The summed E-state index contributed by atoms with van der Waals surface area (Å²) in [4.78, 5) is 9.14. The Morgan fingerprint density at radius 2 is 1.95 bits per heavy atom. The highest BCUT2D eigenvalue weighted by Crippen LogP contribution is 2.32. The summed E-state index contributed by atoms with van der Waals surface area (Å²) in [6, 6.07) is 8.00. The van der Waals surface area contributed by atoms with Crippen LogP contribution in [0.2, 0.25) is 5.02 Å². The lowest BCUT2D eigenvalue weighted by molar-refractivity contribution is 0.787. The van der Waals surface area contributed by atoms with Crippen LogP contribution in [0.5, 0.6) is 0 Å². The minimum atomic E-state index is 0.469. The number of nitrogen functional groups attached to an aromatic ring is 1. The number of nitrogens with zero attached hydrogens (tertiary/aromatic N) is 4. The van der Waals surface area contributed by atoms with E-state index in [9.17, 15) is 0 Å². The zero-order valence-electron chi connectivity index (χ0n) is 12.0. The molecule has 2 heterocycles. The summed E-state index contributed by atoms with van der Waals surface area (Å²) in [6.45, 7) is 0. The first-order valence-corrected chi connectivity index (χ1v) is 7.52. The summed E-state index contributed by atoms with van der Waals surface area (Å²) in [6.07, 6.45) is 2.31. The summed E-state index contributed by atoms with van der Waals surface area (Å²) < 4.78 is 1.62. The number of nitrogens with two attached hydrogens (primary N) is 1. The molecular formula is C15H15ClN6. The molecule has 3 aromatic rings. The van der Waals surface area contributed by atoms with Gasteiger partial charge in [-0.2, -0.15) is 10.1 Å². The SMILES string of the molecule is Cn1nc2nc(NC3CC3)nc(-c3ccc(Cl)cc3)c2c1N. The lowest BCUT2D eigenvalue weighted by Crippen LogP contribution is -2.06. The number of hydrogen-bond donors (Lipinski definition) is 2. The van der Waals surface area contributed by atoms with Crippen LogP contribution in [-0.4, -0.2) is 25.8 Å². The smallest absolute Gasteiger partial charge is 0.225 e. The fourth-order valence-corrected chi connectivity index (χ4v) is 2.53. The first-order valence-electron chi connectivity index (χ1n) is 7.14. The van der Waals surface area contributed by atoms with Gasteiger partial charge < -0.3 is 11.1 Å². The molecule has 3 N–H and O–H groups in total. The Balaban J connectivity index is 1.94. The molecule has 1 fully saturated rings. The highest BCUT2D eigenvalue weighted by Gasteiger charge is 2.24. The van der Waals surface area contributed by atoms with Crippen molar-refractivity contribution in [3.63, 3.8) is 0 Å². The number of anilines is 2. The van der Waals surface area contributed by atoms with E-state index in [1.807, 2.05) is 24.3 Å². The van der Waals surface area contributed by atoms with Gasteiger partial charge in [0.2, 0.25) is 5.95 Å². The first-order chi connectivity index (χ1) is 10.6. The minimum Gasteiger partial charge on any atom is -0.383 e. The van der Waals surface area contributed by atoms with Crippen molar-refractivity contribution in [2.24, 2.45) is 7.05 Å². The molecule has 7 heteroatoms. The Hall–Kier alpha value is -2.34. The van der Waals surface area contributed by atoms with Crippen LogP contribution >= 0.6 is 11.6 Å². The standard InChI is InChI=1S/C15H15ClN6/c1-22-13(17)11-12(8-2-4-9(16)5-3-8)19-15(18-10-6-7-10)20-14(11)21-22/h2-5,10H,6-7,17H2,1H3,(H,18,20,21). The maximum atomic E-state index is 6.14. The fourth-order valence-electron chi connectivity index (χ4n) is 2.41. The lowest BCUT2D eigenvalue weighted by Gasteiger charge is -2.07. The van der Waals surface area contributed by atoms with E-state index in [1.54, 1.807) is 11.7 Å². The molecular weight excluding hydrogens is 300 g/mol. The van der Waals surface area contributed by atoms with E-state index >= 15 is 0 Å². The minimum absolute atomic E-state index is 0.469. The molecule has 1 aromatic carbocycles. The predicted molar refractivity (Wildman–Crippen MR) is 87.8 cm³/mol. The molecule has 0 spiro atoms. The van der Waals surface area contributed by atoms with Crippen LogP contribution in [0.15, 0.2) is 24.3 Å². The summed E-state index contributed by atoms with van der Waals surface area (Å²) in [5.74, 6) is 1.15. The largest absolute Gasteiger partial charge is 0.383 e. The Labute approximate surface area is 132 Å². The van der Waals surface area contributed by atoms with Crippen molar-refractivity contribution >= 4 is 34.4 Å². The van der Waals surface area contributed by atoms with Crippen LogP contribution in [0.25, 0.3) is 22.3 Å². The monoisotopic (exact) mass is 314 g/mol. The van der Waals surface area contributed by atoms with Gasteiger partial charge >= 0.3 is 0 Å². The maximum absolute atomic E-state index is 6.14. The number of aryl methyl sites for hydroxylation is 1. The van der Waals surface area contributed by atoms with Gasteiger partial charge in [-0.3, -0.25) is 4.68 Å². The van der Waals surface area contributed by atoms with E-state index in [0.717, 1.165) is 29.5 Å². The third-order valence-corrected chi connectivity index (χ3v) is 4.02. The van der Waals surface area contributed by atoms with Gasteiger partial charge in [0.25, 0.3) is 0 Å². The highest BCUT2D eigenvalue weighted by atomic mass is 35.5. The Bertz CT molecular complexity index is 851. The highest BCUT2D eigenvalue weighted by molar-refractivity contribution is 6.30. The van der Waals surface area contributed by atoms with Crippen LogP contribution < -0.4 is 11.1 Å². The number of benzene rings is 1. The number of aromatic nitrogens is 4. The molecule has 0 atom stereocenters. The van der Waals surface area contributed by atoms with Gasteiger partial charge in [0, 0.05) is 23.7 Å². The Kier molecular flexibility index (Phi) is 2.94. The molecule has 0 saturated heterocycles. The molecule has 0 amide bonds. The second kappa shape index (κ2) is 4.84. The van der Waals surface area contributed by atoms with E-state index in [2.05, 4.69) is 20.4 Å². The van der Waals surface area contributed by atoms with Gasteiger partial charge in [-0.05, 0) is 25.0 Å². The Morgan fingerprint density at radius 1 is 1.23 bits per heavy atom. The number of hydrogen-bond acceptors (Lipinski definition) is 5. The van der Waals surface area contributed by atoms with E-state index in [4.69, 9.17) is 17.3 Å². The topological polar surface area (TPSA) is 81.7 Å². The van der Waals surface area contributed by atoms with E-state index in [-0.39, 0.29) is 0 Å². The average molecular weight is 315 g/mol. The van der Waals surface area contributed by atoms with Gasteiger partial charge in [0.05, 0.1) is 11.1 Å². The van der Waals surface area contributed by atoms with Gasteiger partial charge in [0.15, 0.2) is 5.65 Å². The van der Waals surface area contributed by atoms with Crippen molar-refractivity contribution in [2.45, 2.75) is 18.9 Å². The maximum Gasteiger partial charge on any atom is 0.225 e. The van der Waals surface area contributed by atoms with Crippen LogP contribution in [0.3, 0.4) is 0 Å². The average Bonchev–Trinajstić information content (AvgIpc) is 3.26. The normalized spacial score (nSPS) is 14.5. The van der Waals surface area contributed by atoms with Crippen molar-refractivity contribution < 1.29 is 0 Å². The molecule has 0 bridgehead atoms. The van der Waals surface area contributed by atoms with Crippen LogP contribution in [0.4, 0.5) is 11.8 Å². The van der Waals surface area contributed by atoms with Crippen molar-refractivity contribution in [1.82, 2.24) is 19.7 Å². The predicted octanol–water partition coefficient (Wildman–Crippen LogP) is 2.84. The van der Waals surface area contributed by atoms with Crippen molar-refractivity contribution in [3.8, 4) is 11.3 Å². The van der Waals surface area contributed by atoms with E-state index in [1.165, 1.54) is 0 Å². The zero-order valence-corrected chi connectivity index (χ0v) is 12.8. The van der Waals surface area contributed by atoms with Crippen LogP contribution in [0, 0.1) is 0 Å². The fraction of sp³-hybridized carbons (Fsp3) is 0.267. The van der Waals surface area contributed by atoms with Crippen LogP contribution in [-0.2, 0) is 7.05 Å². The van der Waals surface area contributed by atoms with Gasteiger partial charge in [-0.1, -0.05) is 23.7 Å². The molecule has 6 nitrogen and oxygen atoms in total. The molecule has 4 rings (SSSR count). The second-order valence-electron chi connectivity index (χ2n) is 5.53. The summed E-state index contributed by atoms with van der Waals surface area (Å²) in [7, 11) is 1.80. The molecule has 0 aliphatic heterocycles. The van der Waals surface area contributed by atoms with E-state index < -0.39 is 0 Å². The molecule has 0 unspecified atom stereocenters. The molecule has 22 heavy (non-hydrogen) atoms. The second-order valence-corrected chi connectivity index (χ2v) is 5.97. The molecule has 1 saturated carbocycles. The number of fused-ring (bicyclic) bond motifs is 1. The quantitative estimate of drug-likeness (QED) is 0.777. The van der Waals surface area contributed by atoms with Crippen molar-refractivity contribution in [3.05, 3.63) is 29.3 Å². The lowest BCUT2D eigenvalue weighted by atomic mass is 10.1. The van der Waals surface area contributed by atoms with E-state index in [0.29, 0.717) is 28.5 Å². The van der Waals surface area contributed by atoms with Gasteiger partial charge in [-0.15, -0.1) is 0 Å².